The first kappa shape index (κ1) is 19.4. The van der Waals surface area contributed by atoms with Crippen molar-refractivity contribution in [3.05, 3.63) is 65.7 Å². The second-order valence-corrected chi connectivity index (χ2v) is 6.99. The van der Waals surface area contributed by atoms with Gasteiger partial charge in [-0.1, -0.05) is 71.9 Å². The molecule has 1 aromatic heterocycles. The first-order valence-corrected chi connectivity index (χ1v) is 9.53. The van der Waals surface area contributed by atoms with E-state index in [1.807, 2.05) is 61.5 Å². The zero-order chi connectivity index (χ0) is 19.9. The van der Waals surface area contributed by atoms with E-state index in [0.29, 0.717) is 17.5 Å². The van der Waals surface area contributed by atoms with E-state index in [-0.39, 0.29) is 5.75 Å². The second kappa shape index (κ2) is 9.05. The number of aromatic nitrogens is 3. The Bertz CT molecular complexity index is 956. The van der Waals surface area contributed by atoms with Crippen molar-refractivity contribution in [1.82, 2.24) is 25.5 Å². The minimum atomic E-state index is -0.552. The first-order chi connectivity index (χ1) is 13.5. The van der Waals surface area contributed by atoms with Crippen LogP contribution >= 0.6 is 11.8 Å². The number of carbonyl (C=O) groups is 2. The van der Waals surface area contributed by atoms with Crippen LogP contribution in [0, 0.1) is 6.92 Å². The summed E-state index contributed by atoms with van der Waals surface area (Å²) in [4.78, 5) is 23.8. The number of thioether (sulfide) groups is 1. The fourth-order valence-electron chi connectivity index (χ4n) is 2.39. The van der Waals surface area contributed by atoms with Crippen molar-refractivity contribution in [1.29, 1.82) is 0 Å². The number of urea groups is 1. The predicted octanol–water partition coefficient (Wildman–Crippen LogP) is 2.09. The summed E-state index contributed by atoms with van der Waals surface area (Å²) in [5, 5.41) is 13.4. The Morgan fingerprint density at radius 3 is 2.50 bits per heavy atom. The number of imide groups is 1. The minimum absolute atomic E-state index is 0.0119. The fraction of sp³-hybridized carbons (Fsp3) is 0.158. The largest absolute Gasteiger partial charge is 0.335 e. The van der Waals surface area contributed by atoms with Crippen molar-refractivity contribution >= 4 is 23.7 Å². The number of nitrogens with zero attached hydrogens (tertiary/aromatic N) is 3. The van der Waals surface area contributed by atoms with Gasteiger partial charge in [0.25, 0.3) is 0 Å². The highest BCUT2D eigenvalue weighted by atomic mass is 32.2. The number of rotatable bonds is 6. The zero-order valence-corrected chi connectivity index (χ0v) is 16.1. The smallest absolute Gasteiger partial charge is 0.321 e. The van der Waals surface area contributed by atoms with Gasteiger partial charge in [0.1, 0.15) is 0 Å². The zero-order valence-electron chi connectivity index (χ0n) is 15.3. The molecule has 8 nitrogen and oxygen atoms in total. The number of hydrogen-bond donors (Lipinski definition) is 3. The number of nitrogen functional groups attached to an aromatic ring is 1. The Hall–Kier alpha value is -3.33. The highest BCUT2D eigenvalue weighted by Crippen LogP contribution is 2.21. The van der Waals surface area contributed by atoms with E-state index in [0.717, 1.165) is 28.5 Å². The lowest BCUT2D eigenvalue weighted by atomic mass is 10.1. The molecular formula is C19H20N6O2S. The van der Waals surface area contributed by atoms with Gasteiger partial charge in [-0.05, 0) is 12.5 Å². The van der Waals surface area contributed by atoms with Crippen molar-refractivity contribution in [2.75, 3.05) is 11.6 Å². The maximum atomic E-state index is 12.0. The van der Waals surface area contributed by atoms with Crippen LogP contribution in [0.2, 0.25) is 0 Å². The van der Waals surface area contributed by atoms with Gasteiger partial charge >= 0.3 is 6.03 Å². The molecule has 0 aliphatic rings. The molecule has 3 amide bonds. The molecule has 144 valence electrons. The first-order valence-electron chi connectivity index (χ1n) is 8.55. The van der Waals surface area contributed by atoms with Crippen LogP contribution in [0.1, 0.15) is 11.1 Å². The van der Waals surface area contributed by atoms with Crippen LogP contribution in [0.5, 0.6) is 0 Å². The number of carbonyl (C=O) groups excluding carboxylic acids is 2. The fourth-order valence-corrected chi connectivity index (χ4v) is 3.05. The maximum Gasteiger partial charge on any atom is 0.321 e. The molecule has 0 bridgehead atoms. The molecule has 0 aliphatic heterocycles. The maximum absolute atomic E-state index is 12.0. The van der Waals surface area contributed by atoms with Gasteiger partial charge in [0.05, 0.1) is 5.75 Å². The normalized spacial score (nSPS) is 10.5. The van der Waals surface area contributed by atoms with Crippen molar-refractivity contribution in [3.8, 4) is 11.4 Å². The molecule has 0 saturated carbocycles. The van der Waals surface area contributed by atoms with Crippen molar-refractivity contribution in [3.63, 3.8) is 0 Å². The second-order valence-electron chi connectivity index (χ2n) is 6.05. The molecule has 0 fully saturated rings. The third-order valence-corrected chi connectivity index (χ3v) is 4.80. The van der Waals surface area contributed by atoms with E-state index in [9.17, 15) is 9.59 Å². The van der Waals surface area contributed by atoms with Crippen molar-refractivity contribution < 1.29 is 9.59 Å². The summed E-state index contributed by atoms with van der Waals surface area (Å²) in [5.41, 5.74) is 2.90. The van der Waals surface area contributed by atoms with E-state index >= 15 is 0 Å². The van der Waals surface area contributed by atoms with Crippen LogP contribution in [0.3, 0.4) is 0 Å². The lowest BCUT2D eigenvalue weighted by Crippen LogP contribution is -2.40. The van der Waals surface area contributed by atoms with E-state index in [1.54, 1.807) is 0 Å². The molecule has 28 heavy (non-hydrogen) atoms. The Morgan fingerprint density at radius 2 is 1.79 bits per heavy atom. The molecule has 0 saturated heterocycles. The van der Waals surface area contributed by atoms with Gasteiger partial charge in [-0.15, -0.1) is 10.2 Å². The summed E-state index contributed by atoms with van der Waals surface area (Å²) in [6, 6.07) is 16.6. The minimum Gasteiger partial charge on any atom is -0.335 e. The van der Waals surface area contributed by atoms with Crippen molar-refractivity contribution in [2.24, 2.45) is 0 Å². The van der Waals surface area contributed by atoms with Gasteiger partial charge in [-0.3, -0.25) is 10.1 Å². The summed E-state index contributed by atoms with van der Waals surface area (Å²) >= 11 is 1.10. The molecule has 0 spiro atoms. The molecule has 3 aromatic rings. The van der Waals surface area contributed by atoms with Crippen molar-refractivity contribution in [2.45, 2.75) is 18.6 Å². The van der Waals surface area contributed by atoms with Gasteiger partial charge in [0.15, 0.2) is 5.82 Å². The molecule has 0 aliphatic carbocycles. The lowest BCUT2D eigenvalue weighted by molar-refractivity contribution is -0.117. The molecule has 9 heteroatoms. The van der Waals surface area contributed by atoms with Crippen LogP contribution in [-0.4, -0.2) is 32.6 Å². The van der Waals surface area contributed by atoms with Crippen LogP contribution in [0.25, 0.3) is 11.4 Å². The summed E-state index contributed by atoms with van der Waals surface area (Å²) in [6.07, 6.45) is 0. The van der Waals surface area contributed by atoms with Gasteiger partial charge in [-0.25, -0.2) is 9.47 Å². The van der Waals surface area contributed by atoms with Gasteiger partial charge in [0.2, 0.25) is 11.1 Å². The molecule has 3 rings (SSSR count). The van der Waals surface area contributed by atoms with E-state index in [2.05, 4.69) is 20.8 Å². The Kier molecular flexibility index (Phi) is 6.28. The van der Waals surface area contributed by atoms with Gasteiger partial charge < -0.3 is 11.2 Å². The van der Waals surface area contributed by atoms with Crippen LogP contribution in [0.4, 0.5) is 4.79 Å². The van der Waals surface area contributed by atoms with Gasteiger partial charge in [0, 0.05) is 12.1 Å². The highest BCUT2D eigenvalue weighted by Gasteiger charge is 2.14. The Balaban J connectivity index is 1.49. The summed E-state index contributed by atoms with van der Waals surface area (Å²) < 4.78 is 1.33. The summed E-state index contributed by atoms with van der Waals surface area (Å²) in [5.74, 6) is 6.08. The molecule has 4 N–H and O–H groups in total. The number of amides is 3. The van der Waals surface area contributed by atoms with Crippen LogP contribution < -0.4 is 16.5 Å². The standard InChI is InChI=1S/C19H20N6O2S/c1-13-7-9-15(10-8-13)17-23-24-19(25(17)20)28-12-16(26)22-18(27)21-11-14-5-3-2-4-6-14/h2-10H,11-12,20H2,1H3,(H2,21,22,26,27). The SMILES string of the molecule is Cc1ccc(-c2nnc(SCC(=O)NC(=O)NCc3ccccc3)n2N)cc1. The monoisotopic (exact) mass is 396 g/mol. The number of benzene rings is 2. The topological polar surface area (TPSA) is 115 Å². The quantitative estimate of drug-likeness (QED) is 0.434. The molecular weight excluding hydrogens is 376 g/mol. The van der Waals surface area contributed by atoms with Gasteiger partial charge in [-0.2, -0.15) is 0 Å². The third-order valence-electron chi connectivity index (χ3n) is 3.86. The number of nitrogens with one attached hydrogen (secondary N) is 2. The number of hydrogen-bond acceptors (Lipinski definition) is 6. The molecule has 0 atom stereocenters. The van der Waals surface area contributed by atoms with E-state index in [4.69, 9.17) is 5.84 Å². The number of aryl methyl sites for hydroxylation is 1. The Labute approximate surface area is 166 Å². The average Bonchev–Trinajstić information content (AvgIpc) is 3.07. The van der Waals surface area contributed by atoms with E-state index in [1.165, 1.54) is 4.68 Å². The lowest BCUT2D eigenvalue weighted by Gasteiger charge is -2.07. The molecule has 2 aromatic carbocycles. The highest BCUT2D eigenvalue weighted by molar-refractivity contribution is 7.99. The molecule has 0 radical (unpaired) electrons. The van der Waals surface area contributed by atoms with Crippen LogP contribution in [0.15, 0.2) is 59.8 Å². The predicted molar refractivity (Wildman–Crippen MR) is 108 cm³/mol. The molecule has 0 unspecified atom stereocenters. The van der Waals surface area contributed by atoms with E-state index < -0.39 is 11.9 Å². The molecule has 1 heterocycles. The summed E-state index contributed by atoms with van der Waals surface area (Å²) in [7, 11) is 0. The summed E-state index contributed by atoms with van der Waals surface area (Å²) in [6.45, 7) is 2.33. The van der Waals surface area contributed by atoms with Crippen LogP contribution in [-0.2, 0) is 11.3 Å². The Morgan fingerprint density at radius 1 is 1.07 bits per heavy atom. The number of nitrogens with two attached hydrogens (primary N) is 1. The third kappa shape index (κ3) is 5.10. The average molecular weight is 396 g/mol.